The Bertz CT molecular complexity index is 644. The maximum Gasteiger partial charge on any atom is 0.170 e. The molecule has 104 valence electrons. The highest BCUT2D eigenvalue weighted by Crippen LogP contribution is 2.13. The third-order valence-electron chi connectivity index (χ3n) is 2.68. The summed E-state index contributed by atoms with van der Waals surface area (Å²) in [6.07, 6.45) is 0. The number of nitrogens with zero attached hydrogens (tertiary/aromatic N) is 1. The molecule has 2 rings (SSSR count). The van der Waals surface area contributed by atoms with Gasteiger partial charge in [-0.25, -0.2) is 8.78 Å². The van der Waals surface area contributed by atoms with E-state index in [4.69, 9.17) is 10.9 Å². The van der Waals surface area contributed by atoms with Crippen molar-refractivity contribution in [2.75, 3.05) is 5.32 Å². The monoisotopic (exact) mass is 277 g/mol. The van der Waals surface area contributed by atoms with E-state index in [1.54, 1.807) is 18.2 Å². The van der Waals surface area contributed by atoms with Crippen LogP contribution in [0.4, 0.5) is 14.5 Å². The van der Waals surface area contributed by atoms with E-state index in [0.29, 0.717) is 11.3 Å². The van der Waals surface area contributed by atoms with Gasteiger partial charge in [-0.3, -0.25) is 0 Å². The summed E-state index contributed by atoms with van der Waals surface area (Å²) in [5.74, 6) is -1.02. The number of hydrogen-bond donors (Lipinski definition) is 3. The van der Waals surface area contributed by atoms with Gasteiger partial charge in [0.25, 0.3) is 0 Å². The minimum absolute atomic E-state index is 0.170. The fraction of sp³-hybridized carbons (Fsp3) is 0.0714. The van der Waals surface area contributed by atoms with Gasteiger partial charge in [0.1, 0.15) is 11.6 Å². The van der Waals surface area contributed by atoms with E-state index in [-0.39, 0.29) is 23.8 Å². The number of rotatable bonds is 4. The molecule has 0 aliphatic heterocycles. The first-order valence-electron chi connectivity index (χ1n) is 5.85. The predicted molar refractivity (Wildman–Crippen MR) is 72.6 cm³/mol. The zero-order valence-electron chi connectivity index (χ0n) is 10.5. The molecule has 2 aromatic carbocycles. The minimum Gasteiger partial charge on any atom is -0.409 e. The fourth-order valence-corrected chi connectivity index (χ4v) is 1.76. The van der Waals surface area contributed by atoms with E-state index >= 15 is 0 Å². The molecule has 0 radical (unpaired) electrons. The van der Waals surface area contributed by atoms with Crippen LogP contribution in [-0.4, -0.2) is 11.0 Å². The van der Waals surface area contributed by atoms with Crippen LogP contribution in [0.25, 0.3) is 0 Å². The molecule has 4 nitrogen and oxygen atoms in total. The molecule has 2 aromatic rings. The Labute approximate surface area is 114 Å². The van der Waals surface area contributed by atoms with Crippen LogP contribution in [-0.2, 0) is 6.54 Å². The summed E-state index contributed by atoms with van der Waals surface area (Å²) in [6, 6.07) is 10.0. The molecule has 0 bridgehead atoms. The normalized spacial score (nSPS) is 11.4. The summed E-state index contributed by atoms with van der Waals surface area (Å²) in [4.78, 5) is 0. The average Bonchev–Trinajstić information content (AvgIpc) is 2.44. The first-order valence-corrected chi connectivity index (χ1v) is 5.85. The Balaban J connectivity index is 2.15. The first-order chi connectivity index (χ1) is 9.58. The van der Waals surface area contributed by atoms with Crippen molar-refractivity contribution < 1.29 is 14.0 Å². The fourth-order valence-electron chi connectivity index (χ4n) is 1.76. The Hall–Kier alpha value is -2.63. The van der Waals surface area contributed by atoms with Crippen LogP contribution in [0.3, 0.4) is 0 Å². The SMILES string of the molecule is N/C(=N/O)c1cc(F)cc(CNc2cccc(F)c2)c1. The lowest BCUT2D eigenvalue weighted by molar-refractivity contribution is 0.318. The van der Waals surface area contributed by atoms with E-state index in [1.807, 2.05) is 0 Å². The lowest BCUT2D eigenvalue weighted by atomic mass is 10.1. The van der Waals surface area contributed by atoms with Crippen molar-refractivity contribution >= 4 is 11.5 Å². The van der Waals surface area contributed by atoms with E-state index < -0.39 is 5.82 Å². The third kappa shape index (κ3) is 3.44. The number of halogens is 2. The highest BCUT2D eigenvalue weighted by molar-refractivity contribution is 5.97. The molecule has 20 heavy (non-hydrogen) atoms. The van der Waals surface area contributed by atoms with Crippen molar-refractivity contribution in [2.45, 2.75) is 6.54 Å². The van der Waals surface area contributed by atoms with Gasteiger partial charge in [-0.2, -0.15) is 0 Å². The highest BCUT2D eigenvalue weighted by atomic mass is 19.1. The van der Waals surface area contributed by atoms with Gasteiger partial charge in [0.2, 0.25) is 0 Å². The highest BCUT2D eigenvalue weighted by Gasteiger charge is 2.05. The lowest BCUT2D eigenvalue weighted by Gasteiger charge is -2.08. The lowest BCUT2D eigenvalue weighted by Crippen LogP contribution is -2.14. The molecule has 4 N–H and O–H groups in total. The maximum atomic E-state index is 13.4. The second kappa shape index (κ2) is 6.01. The second-order valence-electron chi connectivity index (χ2n) is 4.20. The summed E-state index contributed by atoms with van der Waals surface area (Å²) in [7, 11) is 0. The van der Waals surface area contributed by atoms with Crippen molar-refractivity contribution in [1.82, 2.24) is 0 Å². The Morgan fingerprint density at radius 1 is 1.15 bits per heavy atom. The van der Waals surface area contributed by atoms with E-state index in [9.17, 15) is 8.78 Å². The number of amidine groups is 1. The van der Waals surface area contributed by atoms with Gasteiger partial charge in [-0.1, -0.05) is 11.2 Å². The number of anilines is 1. The summed E-state index contributed by atoms with van der Waals surface area (Å²) in [5, 5.41) is 14.4. The van der Waals surface area contributed by atoms with Crippen LogP contribution in [0.1, 0.15) is 11.1 Å². The minimum atomic E-state index is -0.495. The molecular formula is C14H13F2N3O. The topological polar surface area (TPSA) is 70.6 Å². The summed E-state index contributed by atoms with van der Waals surface area (Å²) in [6.45, 7) is 0.285. The van der Waals surface area contributed by atoms with Crippen molar-refractivity contribution in [3.63, 3.8) is 0 Å². The Morgan fingerprint density at radius 3 is 2.65 bits per heavy atom. The van der Waals surface area contributed by atoms with Gasteiger partial charge < -0.3 is 16.3 Å². The quantitative estimate of drug-likeness (QED) is 0.348. The Morgan fingerprint density at radius 2 is 1.95 bits per heavy atom. The second-order valence-corrected chi connectivity index (χ2v) is 4.20. The van der Waals surface area contributed by atoms with Crippen molar-refractivity contribution in [2.24, 2.45) is 10.9 Å². The van der Waals surface area contributed by atoms with Crippen LogP contribution in [0.15, 0.2) is 47.6 Å². The van der Waals surface area contributed by atoms with Crippen LogP contribution in [0.5, 0.6) is 0 Å². The van der Waals surface area contributed by atoms with E-state index in [0.717, 1.165) is 0 Å². The summed E-state index contributed by atoms with van der Waals surface area (Å²) >= 11 is 0. The summed E-state index contributed by atoms with van der Waals surface area (Å²) < 4.78 is 26.4. The van der Waals surface area contributed by atoms with Gasteiger partial charge in [0, 0.05) is 17.8 Å². The van der Waals surface area contributed by atoms with Gasteiger partial charge in [0.15, 0.2) is 5.84 Å². The van der Waals surface area contributed by atoms with Gasteiger partial charge in [-0.15, -0.1) is 0 Å². The largest absolute Gasteiger partial charge is 0.409 e. The van der Waals surface area contributed by atoms with Gasteiger partial charge in [-0.05, 0) is 42.0 Å². The molecule has 0 unspecified atom stereocenters. The zero-order chi connectivity index (χ0) is 14.5. The van der Waals surface area contributed by atoms with Crippen molar-refractivity contribution in [3.05, 3.63) is 65.2 Å². The smallest absolute Gasteiger partial charge is 0.170 e. The molecule has 0 spiro atoms. The average molecular weight is 277 g/mol. The van der Waals surface area contributed by atoms with Crippen LogP contribution < -0.4 is 11.1 Å². The molecule has 0 amide bonds. The van der Waals surface area contributed by atoms with Gasteiger partial charge in [0.05, 0.1) is 0 Å². The molecular weight excluding hydrogens is 264 g/mol. The first kappa shape index (κ1) is 13.8. The number of nitrogens with two attached hydrogens (primary N) is 1. The standard InChI is InChI=1S/C14H13F2N3O/c15-11-2-1-3-13(7-11)18-8-9-4-10(14(17)19-20)6-12(16)5-9/h1-7,18,20H,8H2,(H2,17,19). The number of oxime groups is 1. The maximum absolute atomic E-state index is 13.4. The zero-order valence-corrected chi connectivity index (χ0v) is 10.5. The molecule has 0 aliphatic carbocycles. The van der Waals surface area contributed by atoms with Gasteiger partial charge >= 0.3 is 0 Å². The van der Waals surface area contributed by atoms with Crippen LogP contribution in [0, 0.1) is 11.6 Å². The molecule has 0 heterocycles. The number of hydrogen-bond acceptors (Lipinski definition) is 3. The predicted octanol–water partition coefficient (Wildman–Crippen LogP) is 2.67. The molecule has 0 saturated carbocycles. The number of nitrogens with one attached hydrogen (secondary N) is 1. The third-order valence-corrected chi connectivity index (χ3v) is 2.68. The van der Waals surface area contributed by atoms with Crippen molar-refractivity contribution in [1.29, 1.82) is 0 Å². The molecule has 0 fully saturated rings. The number of benzene rings is 2. The van der Waals surface area contributed by atoms with E-state index in [1.165, 1.54) is 24.3 Å². The van der Waals surface area contributed by atoms with E-state index in [2.05, 4.69) is 10.5 Å². The summed E-state index contributed by atoms with van der Waals surface area (Å²) in [5.41, 5.74) is 6.88. The molecule has 0 aliphatic rings. The molecule has 0 saturated heterocycles. The van der Waals surface area contributed by atoms with Crippen molar-refractivity contribution in [3.8, 4) is 0 Å². The molecule has 6 heteroatoms. The molecule has 0 atom stereocenters. The molecule has 0 aromatic heterocycles. The Kier molecular flexibility index (Phi) is 4.14. The van der Waals surface area contributed by atoms with Crippen LogP contribution >= 0.6 is 0 Å². The van der Waals surface area contributed by atoms with Crippen LogP contribution in [0.2, 0.25) is 0 Å².